The highest BCUT2D eigenvalue weighted by atomic mass is 32.2. The molecule has 0 atom stereocenters. The van der Waals surface area contributed by atoms with Crippen molar-refractivity contribution in [1.82, 2.24) is 0 Å². The Balaban J connectivity index is 1.84. The van der Waals surface area contributed by atoms with Crippen LogP contribution in [0, 0.1) is 30.9 Å². The number of nitrogens with one attached hydrogen (secondary N) is 2. The fraction of sp³-hybridized carbons (Fsp3) is 0.143. The van der Waals surface area contributed by atoms with E-state index in [9.17, 15) is 26.9 Å². The Morgan fingerprint density at radius 2 is 1.41 bits per heavy atom. The van der Waals surface area contributed by atoms with Crippen molar-refractivity contribution in [3.8, 4) is 0 Å². The molecule has 168 valence electrons. The molecule has 0 bridgehead atoms. The molecule has 3 rings (SSSR count). The number of rotatable bonds is 7. The van der Waals surface area contributed by atoms with E-state index in [4.69, 9.17) is 0 Å². The SMILES string of the molecule is Cc1ccc(NS(=O)(=O)c2ccc(NS(=O)(=O)c3cc([N+](=O)[O-])ccc3C)cc2)c(C)c1. The van der Waals surface area contributed by atoms with Crippen molar-refractivity contribution in [1.29, 1.82) is 0 Å². The monoisotopic (exact) mass is 475 g/mol. The number of hydrogen-bond donors (Lipinski definition) is 2. The van der Waals surface area contributed by atoms with Gasteiger partial charge >= 0.3 is 0 Å². The molecule has 9 nitrogen and oxygen atoms in total. The van der Waals surface area contributed by atoms with Crippen molar-refractivity contribution in [2.45, 2.75) is 30.6 Å². The lowest BCUT2D eigenvalue weighted by molar-refractivity contribution is -0.385. The quantitative estimate of drug-likeness (QED) is 0.390. The molecule has 0 unspecified atom stereocenters. The second-order valence-electron chi connectivity index (χ2n) is 7.26. The predicted molar refractivity (Wildman–Crippen MR) is 122 cm³/mol. The van der Waals surface area contributed by atoms with Crippen LogP contribution in [-0.2, 0) is 20.0 Å². The molecule has 0 aliphatic heterocycles. The van der Waals surface area contributed by atoms with Crippen LogP contribution in [0.3, 0.4) is 0 Å². The van der Waals surface area contributed by atoms with Crippen LogP contribution in [-0.4, -0.2) is 21.8 Å². The van der Waals surface area contributed by atoms with E-state index in [1.54, 1.807) is 19.1 Å². The van der Waals surface area contributed by atoms with Crippen LogP contribution in [0.15, 0.2) is 70.5 Å². The Hall–Kier alpha value is -3.44. The van der Waals surface area contributed by atoms with Gasteiger partial charge in [-0.2, -0.15) is 0 Å². The molecule has 0 aliphatic rings. The summed E-state index contributed by atoms with van der Waals surface area (Å²) in [5.41, 5.74) is 2.31. The minimum Gasteiger partial charge on any atom is -0.280 e. The van der Waals surface area contributed by atoms with E-state index in [1.807, 2.05) is 13.0 Å². The van der Waals surface area contributed by atoms with Gasteiger partial charge in [-0.05, 0) is 62.2 Å². The van der Waals surface area contributed by atoms with Gasteiger partial charge in [-0.25, -0.2) is 16.8 Å². The molecule has 11 heteroatoms. The topological polar surface area (TPSA) is 135 Å². The molecule has 0 heterocycles. The zero-order chi connectivity index (χ0) is 23.7. The molecule has 32 heavy (non-hydrogen) atoms. The summed E-state index contributed by atoms with van der Waals surface area (Å²) in [4.78, 5) is 10.0. The number of nitro groups is 1. The molecule has 2 N–H and O–H groups in total. The summed E-state index contributed by atoms with van der Waals surface area (Å²) in [5.74, 6) is 0. The van der Waals surface area contributed by atoms with Crippen molar-refractivity contribution in [2.75, 3.05) is 9.44 Å². The average molecular weight is 476 g/mol. The van der Waals surface area contributed by atoms with E-state index in [2.05, 4.69) is 9.44 Å². The maximum atomic E-state index is 12.7. The lowest BCUT2D eigenvalue weighted by atomic mass is 10.1. The summed E-state index contributed by atoms with van der Waals surface area (Å²) in [7, 11) is -8.01. The maximum Gasteiger partial charge on any atom is 0.270 e. The molecule has 3 aromatic rings. The molecular weight excluding hydrogens is 454 g/mol. The fourth-order valence-electron chi connectivity index (χ4n) is 3.04. The number of nitro benzene ring substituents is 1. The molecule has 0 radical (unpaired) electrons. The van der Waals surface area contributed by atoms with Gasteiger partial charge in [-0.3, -0.25) is 19.6 Å². The molecule has 0 saturated heterocycles. The van der Waals surface area contributed by atoms with Crippen LogP contribution in [0.5, 0.6) is 0 Å². The number of non-ortho nitro benzene ring substituents is 1. The summed E-state index contributed by atoms with van der Waals surface area (Å²) in [6, 6.07) is 14.0. The molecular formula is C21H21N3O6S2. The molecule has 0 aliphatic carbocycles. The van der Waals surface area contributed by atoms with Gasteiger partial charge in [0, 0.05) is 17.8 Å². The first-order valence-electron chi connectivity index (χ1n) is 9.37. The minimum absolute atomic E-state index is 0.0491. The third kappa shape index (κ3) is 5.06. The maximum absolute atomic E-state index is 12.7. The number of sulfonamides is 2. The molecule has 0 aromatic heterocycles. The zero-order valence-corrected chi connectivity index (χ0v) is 19.1. The van der Waals surface area contributed by atoms with E-state index in [0.717, 1.165) is 17.2 Å². The van der Waals surface area contributed by atoms with Gasteiger partial charge in [-0.15, -0.1) is 0 Å². The largest absolute Gasteiger partial charge is 0.280 e. The standard InChI is InChI=1S/C21H21N3O6S2/c1-14-4-11-20(16(3)12-14)23-31(27,28)19-9-6-17(7-10-19)22-32(29,30)21-13-18(24(25)26)8-5-15(21)2/h4-13,22-23H,1-3H3. The Kier molecular flexibility index (Phi) is 6.24. The third-order valence-corrected chi connectivity index (χ3v) is 7.62. The molecule has 0 amide bonds. The van der Waals surface area contributed by atoms with Gasteiger partial charge in [0.15, 0.2) is 0 Å². The van der Waals surface area contributed by atoms with Crippen molar-refractivity contribution in [2.24, 2.45) is 0 Å². The zero-order valence-electron chi connectivity index (χ0n) is 17.5. The van der Waals surface area contributed by atoms with Gasteiger partial charge in [-0.1, -0.05) is 23.8 Å². The summed E-state index contributed by atoms with van der Waals surface area (Å²) < 4.78 is 55.7. The van der Waals surface area contributed by atoms with Gasteiger partial charge < -0.3 is 0 Å². The first-order chi connectivity index (χ1) is 14.9. The second-order valence-corrected chi connectivity index (χ2v) is 10.6. The van der Waals surface area contributed by atoms with Gasteiger partial charge in [0.05, 0.1) is 20.4 Å². The Labute approximate surface area is 186 Å². The van der Waals surface area contributed by atoms with E-state index < -0.39 is 25.0 Å². The van der Waals surface area contributed by atoms with E-state index in [0.29, 0.717) is 11.3 Å². The number of benzene rings is 3. The highest BCUT2D eigenvalue weighted by Crippen LogP contribution is 2.25. The second kappa shape index (κ2) is 8.60. The van der Waals surface area contributed by atoms with E-state index >= 15 is 0 Å². The highest BCUT2D eigenvalue weighted by molar-refractivity contribution is 7.93. The fourth-order valence-corrected chi connectivity index (χ4v) is 5.49. The summed E-state index contributed by atoms with van der Waals surface area (Å²) >= 11 is 0. The van der Waals surface area contributed by atoms with Crippen LogP contribution in [0.1, 0.15) is 16.7 Å². The molecule has 3 aromatic carbocycles. The van der Waals surface area contributed by atoms with Crippen LogP contribution in [0.2, 0.25) is 0 Å². The van der Waals surface area contributed by atoms with Crippen molar-refractivity contribution < 1.29 is 21.8 Å². The summed E-state index contributed by atoms with van der Waals surface area (Å²) in [6.45, 7) is 5.21. The van der Waals surface area contributed by atoms with Gasteiger partial charge in [0.2, 0.25) is 0 Å². The molecule has 0 saturated carbocycles. The number of hydrogen-bond acceptors (Lipinski definition) is 6. The number of nitrogens with zero attached hydrogens (tertiary/aromatic N) is 1. The normalized spacial score (nSPS) is 11.7. The van der Waals surface area contributed by atoms with Gasteiger partial charge in [0.1, 0.15) is 0 Å². The van der Waals surface area contributed by atoms with Crippen molar-refractivity contribution in [3.63, 3.8) is 0 Å². The Morgan fingerprint density at radius 3 is 2.00 bits per heavy atom. The minimum atomic E-state index is -4.13. The Morgan fingerprint density at radius 1 is 0.750 bits per heavy atom. The predicted octanol–water partition coefficient (Wildman–Crippen LogP) is 4.12. The van der Waals surface area contributed by atoms with E-state index in [1.165, 1.54) is 43.3 Å². The van der Waals surface area contributed by atoms with E-state index in [-0.39, 0.29) is 21.2 Å². The summed E-state index contributed by atoms with van der Waals surface area (Å²) in [6.07, 6.45) is 0. The van der Waals surface area contributed by atoms with Crippen LogP contribution < -0.4 is 9.44 Å². The van der Waals surface area contributed by atoms with Gasteiger partial charge in [0.25, 0.3) is 25.7 Å². The lowest BCUT2D eigenvalue weighted by Gasteiger charge is -2.13. The third-order valence-electron chi connectivity index (χ3n) is 4.72. The summed E-state index contributed by atoms with van der Waals surface area (Å²) in [5, 5.41) is 11.0. The average Bonchev–Trinajstić information content (AvgIpc) is 2.70. The first-order valence-corrected chi connectivity index (χ1v) is 12.3. The number of anilines is 2. The lowest BCUT2D eigenvalue weighted by Crippen LogP contribution is -2.16. The first kappa shape index (κ1) is 23.2. The van der Waals surface area contributed by atoms with Crippen LogP contribution in [0.25, 0.3) is 0 Å². The van der Waals surface area contributed by atoms with Crippen LogP contribution in [0.4, 0.5) is 17.1 Å². The Bertz CT molecular complexity index is 1400. The van der Waals surface area contributed by atoms with Crippen molar-refractivity contribution in [3.05, 3.63) is 87.5 Å². The molecule has 0 fully saturated rings. The smallest absolute Gasteiger partial charge is 0.270 e. The molecule has 0 spiro atoms. The highest BCUT2D eigenvalue weighted by Gasteiger charge is 2.21. The van der Waals surface area contributed by atoms with Crippen LogP contribution >= 0.6 is 0 Å². The number of aryl methyl sites for hydroxylation is 3. The van der Waals surface area contributed by atoms with Crippen molar-refractivity contribution >= 4 is 37.1 Å².